The number of aryl methyl sites for hydroxylation is 1. The summed E-state index contributed by atoms with van der Waals surface area (Å²) < 4.78 is 34.7. The summed E-state index contributed by atoms with van der Waals surface area (Å²) in [6.45, 7) is 1.95. The number of carbonyl (C=O) groups is 1. The summed E-state index contributed by atoms with van der Waals surface area (Å²) in [6, 6.07) is 15.5. The van der Waals surface area contributed by atoms with Gasteiger partial charge in [0.2, 0.25) is 0 Å². The molecule has 0 aliphatic carbocycles. The molecule has 25 heavy (non-hydrogen) atoms. The Morgan fingerprint density at radius 1 is 1.08 bits per heavy atom. The van der Waals surface area contributed by atoms with Crippen LogP contribution in [0.3, 0.4) is 0 Å². The second-order valence-corrected chi connectivity index (χ2v) is 7.08. The van der Waals surface area contributed by atoms with E-state index in [4.69, 9.17) is 8.92 Å². The van der Waals surface area contributed by atoms with Crippen LogP contribution in [-0.4, -0.2) is 34.1 Å². The number of ether oxygens (including phenoxy) is 1. The zero-order valence-corrected chi connectivity index (χ0v) is 15.0. The second kappa shape index (κ2) is 8.75. The van der Waals surface area contributed by atoms with Crippen molar-refractivity contribution in [1.29, 1.82) is 0 Å². The summed E-state index contributed by atoms with van der Waals surface area (Å²) in [4.78, 5) is 12.3. The predicted molar refractivity (Wildman–Crippen MR) is 93.4 cm³/mol. The maximum absolute atomic E-state index is 12.3. The molecule has 0 fully saturated rings. The number of amides is 1. The third kappa shape index (κ3) is 5.67. The fourth-order valence-corrected chi connectivity index (χ4v) is 3.14. The molecule has 1 N–H and O–H groups in total. The highest BCUT2D eigenvalue weighted by Gasteiger charge is 2.27. The molecule has 0 spiro atoms. The van der Waals surface area contributed by atoms with Crippen molar-refractivity contribution in [1.82, 2.24) is 5.32 Å². The van der Waals surface area contributed by atoms with Gasteiger partial charge in [0.05, 0.1) is 11.5 Å². The van der Waals surface area contributed by atoms with Gasteiger partial charge in [0.15, 0.2) is 6.10 Å². The lowest BCUT2D eigenvalue weighted by molar-refractivity contribution is -0.130. The quantitative estimate of drug-likeness (QED) is 0.726. The summed E-state index contributed by atoms with van der Waals surface area (Å²) in [6.07, 6.45) is -1.26. The van der Waals surface area contributed by atoms with Crippen LogP contribution in [0.4, 0.5) is 0 Å². The Kier molecular flexibility index (Phi) is 6.69. The van der Waals surface area contributed by atoms with Gasteiger partial charge in [-0.1, -0.05) is 48.0 Å². The first-order chi connectivity index (χ1) is 11.9. The van der Waals surface area contributed by atoms with Gasteiger partial charge in [-0.05, 0) is 24.6 Å². The Balaban J connectivity index is 2.06. The molecular formula is C18H21NO5S. The van der Waals surface area contributed by atoms with Gasteiger partial charge in [-0.2, -0.15) is 8.42 Å². The summed E-state index contributed by atoms with van der Waals surface area (Å²) >= 11 is 0. The van der Waals surface area contributed by atoms with Gasteiger partial charge >= 0.3 is 0 Å². The van der Waals surface area contributed by atoms with Crippen LogP contribution >= 0.6 is 0 Å². The van der Waals surface area contributed by atoms with Crippen LogP contribution in [0.25, 0.3) is 0 Å². The van der Waals surface area contributed by atoms with E-state index in [0.29, 0.717) is 0 Å². The van der Waals surface area contributed by atoms with E-state index >= 15 is 0 Å². The van der Waals surface area contributed by atoms with Crippen molar-refractivity contribution in [2.45, 2.75) is 24.5 Å². The molecule has 0 aliphatic rings. The first-order valence-corrected chi connectivity index (χ1v) is 9.14. The Morgan fingerprint density at radius 3 is 2.32 bits per heavy atom. The number of benzene rings is 2. The number of hydrogen-bond acceptors (Lipinski definition) is 5. The Labute approximate surface area is 147 Å². The van der Waals surface area contributed by atoms with Crippen LogP contribution in [0.2, 0.25) is 0 Å². The van der Waals surface area contributed by atoms with Crippen LogP contribution in [0.15, 0.2) is 59.5 Å². The topological polar surface area (TPSA) is 81.7 Å². The lowest BCUT2D eigenvalue weighted by Gasteiger charge is -2.17. The van der Waals surface area contributed by atoms with Gasteiger partial charge in [-0.25, -0.2) is 0 Å². The van der Waals surface area contributed by atoms with Gasteiger partial charge in [0.25, 0.3) is 16.0 Å². The van der Waals surface area contributed by atoms with Crippen molar-refractivity contribution in [2.24, 2.45) is 0 Å². The van der Waals surface area contributed by atoms with Gasteiger partial charge in [-0.3, -0.25) is 8.98 Å². The molecule has 0 bridgehead atoms. The summed E-state index contributed by atoms with van der Waals surface area (Å²) in [5, 5.41) is 2.66. The average Bonchev–Trinajstić information content (AvgIpc) is 2.60. The maximum Gasteiger partial charge on any atom is 0.297 e. The Bertz CT molecular complexity index is 788. The number of nitrogens with one attached hydrogen (secondary N) is 1. The van der Waals surface area contributed by atoms with Gasteiger partial charge < -0.3 is 10.1 Å². The van der Waals surface area contributed by atoms with E-state index in [2.05, 4.69) is 5.32 Å². The summed E-state index contributed by atoms with van der Waals surface area (Å²) in [5.74, 6) is -0.554. The average molecular weight is 363 g/mol. The predicted octanol–water partition coefficient (Wildman–Crippen LogP) is 2.03. The van der Waals surface area contributed by atoms with Crippen molar-refractivity contribution < 1.29 is 22.1 Å². The highest BCUT2D eigenvalue weighted by atomic mass is 32.2. The number of hydrogen-bond donors (Lipinski definition) is 1. The largest absolute Gasteiger partial charge is 0.381 e. The van der Waals surface area contributed by atoms with E-state index in [1.165, 1.54) is 19.2 Å². The molecule has 134 valence electrons. The van der Waals surface area contributed by atoms with Crippen LogP contribution in [0.5, 0.6) is 0 Å². The maximum atomic E-state index is 12.3. The van der Waals surface area contributed by atoms with Crippen LogP contribution in [0, 0.1) is 6.92 Å². The molecule has 1 atom stereocenters. The molecule has 0 saturated heterocycles. The first-order valence-electron chi connectivity index (χ1n) is 7.73. The lowest BCUT2D eigenvalue weighted by Crippen LogP contribution is -2.40. The molecule has 2 aromatic rings. The third-order valence-corrected chi connectivity index (χ3v) is 4.81. The van der Waals surface area contributed by atoms with Gasteiger partial charge in [0.1, 0.15) is 0 Å². The monoisotopic (exact) mass is 363 g/mol. The van der Waals surface area contributed by atoms with Crippen molar-refractivity contribution in [2.75, 3.05) is 13.7 Å². The highest BCUT2D eigenvalue weighted by molar-refractivity contribution is 7.86. The molecule has 2 aromatic carbocycles. The van der Waals surface area contributed by atoms with E-state index in [-0.39, 0.29) is 18.0 Å². The molecule has 0 saturated carbocycles. The minimum atomic E-state index is -4.07. The normalized spacial score (nSPS) is 12.6. The third-order valence-electron chi connectivity index (χ3n) is 3.47. The van der Waals surface area contributed by atoms with Crippen LogP contribution < -0.4 is 5.32 Å². The van der Waals surface area contributed by atoms with E-state index in [1.54, 1.807) is 12.1 Å². The molecule has 2 rings (SSSR count). The van der Waals surface area contributed by atoms with Crippen molar-refractivity contribution in [3.05, 3.63) is 65.7 Å². The Hall–Kier alpha value is -2.22. The van der Waals surface area contributed by atoms with Gasteiger partial charge in [0, 0.05) is 13.7 Å². The van der Waals surface area contributed by atoms with Crippen molar-refractivity contribution in [3.63, 3.8) is 0 Å². The van der Waals surface area contributed by atoms with E-state index in [1.807, 2.05) is 37.3 Å². The fraction of sp³-hybridized carbons (Fsp3) is 0.278. The SMILES string of the molecule is COC[C@H](OS(=O)(=O)c1ccc(C)cc1)C(=O)NCc1ccccc1. The molecule has 0 heterocycles. The molecule has 1 amide bonds. The zero-order valence-electron chi connectivity index (χ0n) is 14.1. The molecular weight excluding hydrogens is 342 g/mol. The van der Waals surface area contributed by atoms with E-state index in [0.717, 1.165) is 11.1 Å². The first kappa shape index (κ1) is 19.1. The lowest BCUT2D eigenvalue weighted by atomic mass is 10.2. The number of methoxy groups -OCH3 is 1. The molecule has 7 heteroatoms. The highest BCUT2D eigenvalue weighted by Crippen LogP contribution is 2.15. The molecule has 0 aromatic heterocycles. The van der Waals surface area contributed by atoms with Gasteiger partial charge in [-0.15, -0.1) is 0 Å². The zero-order chi connectivity index (χ0) is 18.3. The van der Waals surface area contributed by atoms with Crippen LogP contribution in [-0.2, 0) is 30.4 Å². The fourth-order valence-electron chi connectivity index (χ4n) is 2.11. The minimum Gasteiger partial charge on any atom is -0.381 e. The molecule has 0 aliphatic heterocycles. The summed E-state index contributed by atoms with van der Waals surface area (Å²) in [5.41, 5.74) is 1.82. The van der Waals surface area contributed by atoms with Crippen molar-refractivity contribution in [3.8, 4) is 0 Å². The second-order valence-electron chi connectivity index (χ2n) is 5.51. The molecule has 0 unspecified atom stereocenters. The number of rotatable bonds is 8. The van der Waals surface area contributed by atoms with E-state index in [9.17, 15) is 13.2 Å². The number of carbonyl (C=O) groups excluding carboxylic acids is 1. The van der Waals surface area contributed by atoms with E-state index < -0.39 is 22.1 Å². The molecule has 6 nitrogen and oxygen atoms in total. The molecule has 0 radical (unpaired) electrons. The standard InChI is InChI=1S/C18H21NO5S/c1-14-8-10-16(11-9-14)25(21,22)24-17(13-23-2)18(20)19-12-15-6-4-3-5-7-15/h3-11,17H,12-13H2,1-2H3,(H,19,20)/t17-/m0/s1. The smallest absolute Gasteiger partial charge is 0.297 e. The Morgan fingerprint density at radius 2 is 1.72 bits per heavy atom. The summed E-state index contributed by atoms with van der Waals surface area (Å²) in [7, 11) is -2.69. The van der Waals surface area contributed by atoms with Crippen molar-refractivity contribution >= 4 is 16.0 Å². The minimum absolute atomic E-state index is 0.00457. The van der Waals surface area contributed by atoms with Crippen LogP contribution in [0.1, 0.15) is 11.1 Å².